The number of hydrogen-bond donors (Lipinski definition) is 2. The summed E-state index contributed by atoms with van der Waals surface area (Å²) in [6.07, 6.45) is 6.18. The first-order chi connectivity index (χ1) is 16.5. The molecule has 0 bridgehead atoms. The van der Waals surface area contributed by atoms with Crippen LogP contribution in [0.5, 0.6) is 0 Å². The van der Waals surface area contributed by atoms with Crippen molar-refractivity contribution in [2.24, 2.45) is 0 Å². The highest BCUT2D eigenvalue weighted by atomic mass is 16.5. The van der Waals surface area contributed by atoms with E-state index in [-0.39, 0.29) is 12.2 Å². The average molecular weight is 458 g/mol. The van der Waals surface area contributed by atoms with Crippen LogP contribution in [0.1, 0.15) is 31.1 Å². The van der Waals surface area contributed by atoms with Gasteiger partial charge in [0.15, 0.2) is 11.6 Å². The normalized spacial score (nSPS) is 20.2. The van der Waals surface area contributed by atoms with Crippen LogP contribution in [0.3, 0.4) is 0 Å². The van der Waals surface area contributed by atoms with Crippen molar-refractivity contribution in [3.63, 3.8) is 0 Å². The lowest BCUT2D eigenvalue weighted by Gasteiger charge is -2.16. The Morgan fingerprint density at radius 1 is 1.12 bits per heavy atom. The summed E-state index contributed by atoms with van der Waals surface area (Å²) in [7, 11) is 1.65. The van der Waals surface area contributed by atoms with E-state index in [4.69, 9.17) is 4.52 Å². The lowest BCUT2D eigenvalue weighted by molar-refractivity contribution is -0.144. The van der Waals surface area contributed by atoms with Crippen LogP contribution in [0.4, 0.5) is 11.8 Å². The maximum absolute atomic E-state index is 12.4. The van der Waals surface area contributed by atoms with Crippen LogP contribution in [0.25, 0.3) is 22.8 Å². The second-order valence-electron chi connectivity index (χ2n) is 8.62. The third-order valence-corrected chi connectivity index (χ3v) is 6.13. The monoisotopic (exact) mass is 458 g/mol. The average Bonchev–Trinajstić information content (AvgIpc) is 3.28. The number of hydrogen-bond acceptors (Lipinski definition) is 9. The lowest BCUT2D eigenvalue weighted by Crippen LogP contribution is -2.35. The van der Waals surface area contributed by atoms with Crippen molar-refractivity contribution in [1.29, 1.82) is 0 Å². The molecule has 1 aliphatic heterocycles. The number of anilines is 2. The molecule has 1 saturated heterocycles. The minimum Gasteiger partial charge on any atom is -0.373 e. The van der Waals surface area contributed by atoms with E-state index < -0.39 is 11.5 Å². The van der Waals surface area contributed by atoms with E-state index in [2.05, 4.69) is 30.5 Å². The van der Waals surface area contributed by atoms with Gasteiger partial charge in [-0.15, -0.1) is 0 Å². The van der Waals surface area contributed by atoms with E-state index in [1.54, 1.807) is 31.4 Å². The Hall–Kier alpha value is -4.12. The Morgan fingerprint density at radius 2 is 1.91 bits per heavy atom. The second-order valence-corrected chi connectivity index (χ2v) is 8.62. The number of rotatable bonds is 6. The SMILES string of the molecule is CN1CC[C@@](O)(c2cc(-c3cccc(-c4ccnc(Nc5ccn(C6CC6)n5)n4)n3)no2)C1=O. The first kappa shape index (κ1) is 20.5. The van der Waals surface area contributed by atoms with Gasteiger partial charge in [-0.2, -0.15) is 5.10 Å². The quantitative estimate of drug-likeness (QED) is 0.447. The molecule has 0 unspecified atom stereocenters. The molecule has 2 aliphatic rings. The fourth-order valence-corrected chi connectivity index (χ4v) is 4.02. The van der Waals surface area contributed by atoms with E-state index >= 15 is 0 Å². The molecule has 5 heterocycles. The van der Waals surface area contributed by atoms with Crippen LogP contribution in [-0.4, -0.2) is 59.4 Å². The molecule has 0 aromatic carbocycles. The highest BCUT2D eigenvalue weighted by molar-refractivity contribution is 5.87. The van der Waals surface area contributed by atoms with Crippen molar-refractivity contribution in [3.8, 4) is 22.8 Å². The van der Waals surface area contributed by atoms with Gasteiger partial charge in [0, 0.05) is 44.5 Å². The van der Waals surface area contributed by atoms with Gasteiger partial charge >= 0.3 is 0 Å². The maximum Gasteiger partial charge on any atom is 0.262 e. The first-order valence-corrected chi connectivity index (χ1v) is 11.1. The van der Waals surface area contributed by atoms with Gasteiger partial charge in [-0.3, -0.25) is 9.48 Å². The fourth-order valence-electron chi connectivity index (χ4n) is 4.02. The third kappa shape index (κ3) is 3.59. The molecule has 4 aromatic rings. The lowest BCUT2D eigenvalue weighted by atomic mass is 9.98. The number of amides is 1. The van der Waals surface area contributed by atoms with Gasteiger partial charge in [0.1, 0.15) is 5.69 Å². The molecule has 11 nitrogen and oxygen atoms in total. The Labute approximate surface area is 194 Å². The predicted molar refractivity (Wildman–Crippen MR) is 121 cm³/mol. The molecular weight excluding hydrogens is 436 g/mol. The van der Waals surface area contributed by atoms with Gasteiger partial charge in [0.2, 0.25) is 11.5 Å². The molecule has 34 heavy (non-hydrogen) atoms. The van der Waals surface area contributed by atoms with Crippen LogP contribution in [-0.2, 0) is 10.4 Å². The number of carbonyl (C=O) groups excluding carboxylic acids is 1. The number of aromatic nitrogens is 6. The summed E-state index contributed by atoms with van der Waals surface area (Å²) in [5, 5.41) is 22.5. The molecule has 4 aromatic heterocycles. The molecule has 1 saturated carbocycles. The summed E-state index contributed by atoms with van der Waals surface area (Å²) >= 11 is 0. The molecule has 0 radical (unpaired) electrons. The number of nitrogens with one attached hydrogen (secondary N) is 1. The molecule has 0 spiro atoms. The third-order valence-electron chi connectivity index (χ3n) is 6.13. The van der Waals surface area contributed by atoms with Gasteiger partial charge in [-0.1, -0.05) is 11.2 Å². The zero-order valence-corrected chi connectivity index (χ0v) is 18.4. The van der Waals surface area contributed by atoms with Crippen molar-refractivity contribution >= 4 is 17.7 Å². The highest BCUT2D eigenvalue weighted by Crippen LogP contribution is 2.35. The van der Waals surface area contributed by atoms with Crippen molar-refractivity contribution in [2.75, 3.05) is 18.9 Å². The van der Waals surface area contributed by atoms with Gasteiger partial charge < -0.3 is 19.8 Å². The number of aliphatic hydroxyl groups is 1. The topological polar surface area (TPSA) is 135 Å². The second kappa shape index (κ2) is 7.73. The first-order valence-electron chi connectivity index (χ1n) is 11.1. The van der Waals surface area contributed by atoms with Crippen LogP contribution in [0, 0.1) is 0 Å². The van der Waals surface area contributed by atoms with E-state index in [0.29, 0.717) is 47.1 Å². The van der Waals surface area contributed by atoms with Crippen molar-refractivity contribution in [3.05, 3.63) is 54.6 Å². The van der Waals surface area contributed by atoms with E-state index in [1.807, 2.05) is 29.1 Å². The van der Waals surface area contributed by atoms with Crippen LogP contribution < -0.4 is 5.32 Å². The minimum atomic E-state index is -1.70. The van der Waals surface area contributed by atoms with Crippen LogP contribution in [0.15, 0.2) is 53.3 Å². The number of likely N-dealkylation sites (N-methyl/N-ethyl adjacent to an activating group) is 1. The van der Waals surface area contributed by atoms with Gasteiger partial charge in [-0.05, 0) is 31.0 Å². The van der Waals surface area contributed by atoms with Gasteiger partial charge in [0.05, 0.1) is 23.1 Å². The Kier molecular flexibility index (Phi) is 4.66. The zero-order valence-electron chi connectivity index (χ0n) is 18.4. The maximum atomic E-state index is 12.4. The molecule has 1 aliphatic carbocycles. The van der Waals surface area contributed by atoms with E-state index in [9.17, 15) is 9.90 Å². The Balaban J connectivity index is 1.24. The van der Waals surface area contributed by atoms with Gasteiger partial charge in [0.25, 0.3) is 5.91 Å². The molecule has 2 N–H and O–H groups in total. The summed E-state index contributed by atoms with van der Waals surface area (Å²) in [5.74, 6) is 0.814. The molecule has 2 fully saturated rings. The van der Waals surface area contributed by atoms with Crippen LogP contribution >= 0.6 is 0 Å². The standard InChI is InChI=1S/C23H22N8O3/c1-30-12-9-23(33,21(30)32)19-13-18(29-34-19)16-4-2-3-15(25-16)17-7-10-24-22(26-17)27-20-8-11-31(28-20)14-5-6-14/h2-4,7-8,10-11,13-14,33H,5-6,9,12H2,1H3,(H,24,26,27,28)/t23-/m1/s1. The van der Waals surface area contributed by atoms with Crippen LogP contribution in [0.2, 0.25) is 0 Å². The van der Waals surface area contributed by atoms with Crippen molar-refractivity contribution in [1.82, 2.24) is 34.8 Å². The number of pyridine rings is 1. The van der Waals surface area contributed by atoms with Crippen molar-refractivity contribution in [2.45, 2.75) is 30.9 Å². The summed E-state index contributed by atoms with van der Waals surface area (Å²) in [5.41, 5.74) is 0.497. The largest absolute Gasteiger partial charge is 0.373 e. The molecule has 172 valence electrons. The Morgan fingerprint density at radius 3 is 2.68 bits per heavy atom. The molecule has 1 amide bonds. The summed E-state index contributed by atoms with van der Waals surface area (Å²) in [6, 6.07) is 11.2. The number of likely N-dealkylation sites (tertiary alicyclic amines) is 1. The molecule has 1 atom stereocenters. The van der Waals surface area contributed by atoms with Gasteiger partial charge in [-0.25, -0.2) is 15.0 Å². The summed E-state index contributed by atoms with van der Waals surface area (Å²) in [4.78, 5) is 27.3. The minimum absolute atomic E-state index is 0.114. The fraction of sp³-hybridized carbons (Fsp3) is 0.304. The summed E-state index contributed by atoms with van der Waals surface area (Å²) in [6.45, 7) is 0.448. The smallest absolute Gasteiger partial charge is 0.262 e. The van der Waals surface area contributed by atoms with E-state index in [0.717, 1.165) is 12.8 Å². The summed E-state index contributed by atoms with van der Waals surface area (Å²) < 4.78 is 7.30. The zero-order chi connectivity index (χ0) is 23.3. The van der Waals surface area contributed by atoms with Crippen molar-refractivity contribution < 1.29 is 14.4 Å². The number of nitrogens with zero attached hydrogens (tertiary/aromatic N) is 7. The predicted octanol–water partition coefficient (Wildman–Crippen LogP) is 2.52. The number of carbonyl (C=O) groups is 1. The molecule has 11 heteroatoms. The van der Waals surface area contributed by atoms with E-state index in [1.165, 1.54) is 4.90 Å². The highest BCUT2D eigenvalue weighted by Gasteiger charge is 2.48. The molecule has 6 rings (SSSR count). The Bertz CT molecular complexity index is 1380. The molecular formula is C23H22N8O3.